The average molecular weight is 460 g/mol. The van der Waals surface area contributed by atoms with E-state index in [4.69, 9.17) is 9.26 Å². The Kier molecular flexibility index (Phi) is 6.30. The summed E-state index contributed by atoms with van der Waals surface area (Å²) in [6.45, 7) is 6.36. The predicted octanol–water partition coefficient (Wildman–Crippen LogP) is 4.54. The Balaban J connectivity index is 1.53. The van der Waals surface area contributed by atoms with Crippen LogP contribution in [-0.2, 0) is 10.0 Å². The Morgan fingerprint density at radius 1 is 1.22 bits per heavy atom. The Morgan fingerprint density at radius 2 is 2.03 bits per heavy atom. The van der Waals surface area contributed by atoms with Crippen molar-refractivity contribution in [3.63, 3.8) is 0 Å². The van der Waals surface area contributed by atoms with Crippen molar-refractivity contribution >= 4 is 10.0 Å². The first kappa shape index (κ1) is 22.4. The van der Waals surface area contributed by atoms with Crippen LogP contribution in [0.3, 0.4) is 0 Å². The maximum absolute atomic E-state index is 13.5. The highest BCUT2D eigenvalue weighted by molar-refractivity contribution is 7.89. The number of hydrogen-bond acceptors (Lipinski definition) is 6. The molecular formula is C23H26FN3O4S. The third-order valence-corrected chi connectivity index (χ3v) is 7.27. The topological polar surface area (TPSA) is 85.5 Å². The molecule has 1 atom stereocenters. The van der Waals surface area contributed by atoms with Crippen LogP contribution in [0.4, 0.5) is 4.39 Å². The highest BCUT2D eigenvalue weighted by atomic mass is 32.2. The molecule has 32 heavy (non-hydrogen) atoms. The van der Waals surface area contributed by atoms with Gasteiger partial charge in [0.25, 0.3) is 0 Å². The van der Waals surface area contributed by atoms with E-state index < -0.39 is 10.0 Å². The Bertz CT molecular complexity index is 1210. The van der Waals surface area contributed by atoms with Crippen LogP contribution in [0, 0.1) is 12.7 Å². The van der Waals surface area contributed by atoms with Gasteiger partial charge in [0.2, 0.25) is 21.7 Å². The molecule has 1 fully saturated rings. The number of ether oxygens (including phenoxy) is 1. The van der Waals surface area contributed by atoms with Gasteiger partial charge in [-0.2, -0.15) is 9.29 Å². The van der Waals surface area contributed by atoms with Crippen molar-refractivity contribution in [2.75, 3.05) is 13.1 Å². The molecule has 2 heterocycles. The number of aromatic nitrogens is 2. The normalized spacial score (nSPS) is 17.6. The molecule has 170 valence electrons. The highest BCUT2D eigenvalue weighted by Crippen LogP contribution is 2.32. The SMILES string of the molecule is Cc1cc(S(=O)(=O)N2CCCC(c3nc(-c4cccc(F)c4)no3)C2)ccc1OC(C)C. The van der Waals surface area contributed by atoms with Gasteiger partial charge in [-0.3, -0.25) is 0 Å². The molecule has 0 radical (unpaired) electrons. The summed E-state index contributed by atoms with van der Waals surface area (Å²) in [4.78, 5) is 4.64. The first-order valence-electron chi connectivity index (χ1n) is 10.6. The lowest BCUT2D eigenvalue weighted by Gasteiger charge is -2.30. The Morgan fingerprint density at radius 3 is 2.75 bits per heavy atom. The van der Waals surface area contributed by atoms with E-state index in [1.54, 1.807) is 30.3 Å². The van der Waals surface area contributed by atoms with Gasteiger partial charge in [0.1, 0.15) is 11.6 Å². The Labute approximate surface area is 187 Å². The van der Waals surface area contributed by atoms with E-state index >= 15 is 0 Å². The Hall–Kier alpha value is -2.78. The minimum atomic E-state index is -3.68. The third kappa shape index (κ3) is 4.68. The molecule has 7 nitrogen and oxygen atoms in total. The molecule has 9 heteroatoms. The molecule has 0 bridgehead atoms. The lowest BCUT2D eigenvalue weighted by Crippen LogP contribution is -2.39. The van der Waals surface area contributed by atoms with Crippen molar-refractivity contribution in [2.45, 2.75) is 50.5 Å². The maximum Gasteiger partial charge on any atom is 0.243 e. The zero-order valence-electron chi connectivity index (χ0n) is 18.3. The van der Waals surface area contributed by atoms with Crippen LogP contribution >= 0.6 is 0 Å². The number of rotatable bonds is 6. The molecule has 1 aromatic heterocycles. The smallest absolute Gasteiger partial charge is 0.243 e. The second-order valence-electron chi connectivity index (χ2n) is 8.26. The first-order chi connectivity index (χ1) is 15.2. The van der Waals surface area contributed by atoms with Crippen LogP contribution in [0.5, 0.6) is 5.75 Å². The van der Waals surface area contributed by atoms with Gasteiger partial charge in [0.05, 0.1) is 16.9 Å². The largest absolute Gasteiger partial charge is 0.491 e. The van der Waals surface area contributed by atoms with E-state index in [1.807, 2.05) is 20.8 Å². The van der Waals surface area contributed by atoms with Gasteiger partial charge in [-0.05, 0) is 69.5 Å². The van der Waals surface area contributed by atoms with Crippen molar-refractivity contribution in [3.05, 3.63) is 59.7 Å². The number of aryl methyl sites for hydroxylation is 1. The number of piperidine rings is 1. The molecule has 1 unspecified atom stereocenters. The molecule has 0 aliphatic carbocycles. The first-order valence-corrected chi connectivity index (χ1v) is 12.0. The second kappa shape index (κ2) is 8.99. The molecule has 1 aliphatic heterocycles. The molecule has 0 saturated carbocycles. The number of sulfonamides is 1. The van der Waals surface area contributed by atoms with Crippen LogP contribution in [0.2, 0.25) is 0 Å². The van der Waals surface area contributed by atoms with Gasteiger partial charge >= 0.3 is 0 Å². The van der Waals surface area contributed by atoms with Gasteiger partial charge in [0, 0.05) is 18.7 Å². The van der Waals surface area contributed by atoms with E-state index in [2.05, 4.69) is 10.1 Å². The summed E-state index contributed by atoms with van der Waals surface area (Å²) in [5, 5.41) is 3.96. The predicted molar refractivity (Wildman–Crippen MR) is 117 cm³/mol. The average Bonchev–Trinajstić information content (AvgIpc) is 3.25. The van der Waals surface area contributed by atoms with Gasteiger partial charge < -0.3 is 9.26 Å². The van der Waals surface area contributed by atoms with Crippen molar-refractivity contribution in [1.29, 1.82) is 0 Å². The summed E-state index contributed by atoms with van der Waals surface area (Å²) >= 11 is 0. The number of halogens is 1. The minimum absolute atomic E-state index is 0.00526. The van der Waals surface area contributed by atoms with Crippen LogP contribution in [-0.4, -0.2) is 42.1 Å². The van der Waals surface area contributed by atoms with E-state index in [-0.39, 0.29) is 35.1 Å². The van der Waals surface area contributed by atoms with Crippen LogP contribution in [0.1, 0.15) is 44.1 Å². The standard InChI is InChI=1S/C23H26FN3O4S/c1-15(2)30-21-10-9-20(12-16(21)3)32(28,29)27-11-5-7-18(14-27)23-25-22(26-31-23)17-6-4-8-19(24)13-17/h4,6,8-10,12-13,15,18H,5,7,11,14H2,1-3H3. The monoisotopic (exact) mass is 459 g/mol. The summed E-state index contributed by atoms with van der Waals surface area (Å²) in [5.41, 5.74) is 1.28. The van der Waals surface area contributed by atoms with E-state index in [0.717, 1.165) is 12.0 Å². The van der Waals surface area contributed by atoms with Crippen molar-refractivity contribution in [3.8, 4) is 17.1 Å². The maximum atomic E-state index is 13.5. The lowest BCUT2D eigenvalue weighted by atomic mass is 10.00. The van der Waals surface area contributed by atoms with Crippen LogP contribution < -0.4 is 4.74 Å². The number of benzene rings is 2. The molecule has 3 aromatic rings. The third-order valence-electron chi connectivity index (χ3n) is 5.40. The van der Waals surface area contributed by atoms with E-state index in [1.165, 1.54) is 16.4 Å². The summed E-state index contributed by atoms with van der Waals surface area (Å²) in [5.74, 6) is 0.713. The van der Waals surface area contributed by atoms with Gasteiger partial charge in [0.15, 0.2) is 0 Å². The summed E-state index contributed by atoms with van der Waals surface area (Å²) in [7, 11) is -3.68. The molecular weight excluding hydrogens is 433 g/mol. The zero-order chi connectivity index (χ0) is 22.9. The summed E-state index contributed by atoms with van der Waals surface area (Å²) in [6.07, 6.45) is 1.41. The van der Waals surface area contributed by atoms with Crippen LogP contribution in [0.15, 0.2) is 51.9 Å². The second-order valence-corrected chi connectivity index (χ2v) is 10.2. The lowest BCUT2D eigenvalue weighted by molar-refractivity contribution is 0.240. The fourth-order valence-electron chi connectivity index (χ4n) is 3.83. The highest BCUT2D eigenvalue weighted by Gasteiger charge is 2.33. The van der Waals surface area contributed by atoms with E-state index in [9.17, 15) is 12.8 Å². The van der Waals surface area contributed by atoms with Crippen molar-refractivity contribution < 1.29 is 22.1 Å². The van der Waals surface area contributed by atoms with Gasteiger partial charge in [-0.1, -0.05) is 17.3 Å². The van der Waals surface area contributed by atoms with Crippen molar-refractivity contribution in [2.24, 2.45) is 0 Å². The minimum Gasteiger partial charge on any atom is -0.491 e. The molecule has 0 N–H and O–H groups in total. The molecule has 1 aliphatic rings. The molecule has 0 spiro atoms. The molecule has 0 amide bonds. The van der Waals surface area contributed by atoms with E-state index in [0.29, 0.717) is 30.2 Å². The number of nitrogens with zero attached hydrogens (tertiary/aromatic N) is 3. The fraction of sp³-hybridized carbons (Fsp3) is 0.391. The van der Waals surface area contributed by atoms with Crippen molar-refractivity contribution in [1.82, 2.24) is 14.4 Å². The van der Waals surface area contributed by atoms with Gasteiger partial charge in [-0.25, -0.2) is 12.8 Å². The zero-order valence-corrected chi connectivity index (χ0v) is 19.1. The summed E-state index contributed by atoms with van der Waals surface area (Å²) < 4.78 is 52.7. The molecule has 4 rings (SSSR count). The number of hydrogen-bond donors (Lipinski definition) is 0. The van der Waals surface area contributed by atoms with Gasteiger partial charge in [-0.15, -0.1) is 0 Å². The molecule has 2 aromatic carbocycles. The quantitative estimate of drug-likeness (QED) is 0.538. The fourth-order valence-corrected chi connectivity index (χ4v) is 5.44. The molecule has 1 saturated heterocycles. The summed E-state index contributed by atoms with van der Waals surface area (Å²) in [6, 6.07) is 10.9. The van der Waals surface area contributed by atoms with Crippen LogP contribution in [0.25, 0.3) is 11.4 Å².